The highest BCUT2D eigenvalue weighted by Gasteiger charge is 2.33. The predicted octanol–water partition coefficient (Wildman–Crippen LogP) is 4.40. The second kappa shape index (κ2) is 9.65. The molecule has 6 rings (SSSR count). The molecule has 1 aliphatic heterocycles. The average molecular weight is 524 g/mol. The minimum atomic E-state index is -0.271. The molecule has 0 unspecified atom stereocenters. The van der Waals surface area contributed by atoms with Crippen molar-refractivity contribution in [3.8, 4) is 11.5 Å². The van der Waals surface area contributed by atoms with E-state index in [0.29, 0.717) is 20.8 Å². The number of allylic oxidation sites excluding steroid dienone is 1. The second-order valence-electron chi connectivity index (χ2n) is 9.71. The van der Waals surface area contributed by atoms with Crippen molar-refractivity contribution in [2.45, 2.75) is 18.9 Å². The van der Waals surface area contributed by atoms with Gasteiger partial charge in [-0.25, -0.2) is 4.99 Å². The van der Waals surface area contributed by atoms with Crippen molar-refractivity contribution in [3.05, 3.63) is 114 Å². The molecule has 1 atom stereocenters. The lowest BCUT2D eigenvalue weighted by Gasteiger charge is -2.31. The fraction of sp³-hybridized carbons (Fsp3) is 0.226. The van der Waals surface area contributed by atoms with Crippen molar-refractivity contribution in [3.63, 3.8) is 0 Å². The second-order valence-corrected chi connectivity index (χ2v) is 10.7. The lowest BCUT2D eigenvalue weighted by atomic mass is 9.83. The summed E-state index contributed by atoms with van der Waals surface area (Å²) in [5.74, 6) is 1.30. The first kappa shape index (κ1) is 24.2. The summed E-state index contributed by atoms with van der Waals surface area (Å²) in [6.45, 7) is 0. The Balaban J connectivity index is 1.58. The Hall–Kier alpha value is -4.10. The van der Waals surface area contributed by atoms with Crippen LogP contribution in [0.3, 0.4) is 0 Å². The van der Waals surface area contributed by atoms with Gasteiger partial charge in [0.1, 0.15) is 0 Å². The molecule has 4 aromatic rings. The van der Waals surface area contributed by atoms with Crippen molar-refractivity contribution in [2.75, 3.05) is 33.2 Å². The zero-order chi connectivity index (χ0) is 26.4. The number of rotatable bonds is 5. The Morgan fingerprint density at radius 2 is 1.74 bits per heavy atom. The molecule has 1 aromatic heterocycles. The smallest absolute Gasteiger partial charge is 0.271 e. The highest BCUT2D eigenvalue weighted by Crippen LogP contribution is 2.42. The van der Waals surface area contributed by atoms with Crippen LogP contribution in [0.2, 0.25) is 0 Å². The summed E-state index contributed by atoms with van der Waals surface area (Å²) >= 11 is 1.44. The fourth-order valence-corrected chi connectivity index (χ4v) is 6.37. The number of benzene rings is 3. The van der Waals surface area contributed by atoms with Crippen LogP contribution >= 0.6 is 11.3 Å². The molecule has 192 valence electrons. The summed E-state index contributed by atoms with van der Waals surface area (Å²) in [7, 11) is 7.29. The molecule has 0 fully saturated rings. The van der Waals surface area contributed by atoms with Crippen molar-refractivity contribution >= 4 is 28.8 Å². The first-order valence-electron chi connectivity index (χ1n) is 12.6. The highest BCUT2D eigenvalue weighted by atomic mass is 32.1. The minimum Gasteiger partial charge on any atom is -0.493 e. The van der Waals surface area contributed by atoms with Gasteiger partial charge in [-0.15, -0.1) is 0 Å². The summed E-state index contributed by atoms with van der Waals surface area (Å²) in [5.41, 5.74) is 7.63. The van der Waals surface area contributed by atoms with E-state index in [1.165, 1.54) is 16.9 Å². The van der Waals surface area contributed by atoms with Crippen LogP contribution < -0.4 is 29.3 Å². The summed E-state index contributed by atoms with van der Waals surface area (Å²) in [6, 6.07) is 22.3. The van der Waals surface area contributed by atoms with Crippen LogP contribution in [-0.4, -0.2) is 32.9 Å². The number of hydrogen-bond acceptors (Lipinski definition) is 6. The minimum absolute atomic E-state index is 0.0318. The zero-order valence-electron chi connectivity index (χ0n) is 21.9. The summed E-state index contributed by atoms with van der Waals surface area (Å²) < 4.78 is 13.6. The Kier molecular flexibility index (Phi) is 6.16. The lowest BCUT2D eigenvalue weighted by Crippen LogP contribution is -2.38. The molecule has 0 saturated carbocycles. The van der Waals surface area contributed by atoms with Gasteiger partial charge in [0.25, 0.3) is 5.56 Å². The van der Waals surface area contributed by atoms with Gasteiger partial charge < -0.3 is 14.4 Å². The third kappa shape index (κ3) is 4.03. The summed E-state index contributed by atoms with van der Waals surface area (Å²) in [5, 5.41) is 0. The van der Waals surface area contributed by atoms with Crippen molar-refractivity contribution in [1.82, 2.24) is 4.57 Å². The Morgan fingerprint density at radius 3 is 2.47 bits per heavy atom. The topological polar surface area (TPSA) is 56.1 Å². The number of thiazole rings is 1. The number of fused-ring (bicyclic) bond motifs is 3. The fourth-order valence-electron chi connectivity index (χ4n) is 5.37. The van der Waals surface area contributed by atoms with Crippen molar-refractivity contribution in [2.24, 2.45) is 4.99 Å². The van der Waals surface area contributed by atoms with E-state index in [-0.39, 0.29) is 11.6 Å². The molecular weight excluding hydrogens is 494 g/mol. The molecule has 2 aliphatic rings. The molecule has 0 bridgehead atoms. The molecule has 0 N–H and O–H groups in total. The van der Waals surface area contributed by atoms with E-state index in [9.17, 15) is 4.79 Å². The van der Waals surface area contributed by atoms with Crippen LogP contribution in [0, 0.1) is 0 Å². The van der Waals surface area contributed by atoms with E-state index in [4.69, 9.17) is 14.5 Å². The van der Waals surface area contributed by atoms with E-state index in [2.05, 4.69) is 41.3 Å². The first-order chi connectivity index (χ1) is 18.5. The number of hydrogen-bond donors (Lipinski definition) is 0. The largest absolute Gasteiger partial charge is 0.493 e. The van der Waals surface area contributed by atoms with Crippen LogP contribution in [0.25, 0.3) is 11.8 Å². The SMILES string of the molecule is COc1ccc([C@@H]2C3=C(N=c4s/c(=C\c5ccc(N(C)C)cc5)c(=O)n42)c2ccccc2CC3)cc1OC. The van der Waals surface area contributed by atoms with Gasteiger partial charge in [0.15, 0.2) is 16.3 Å². The quantitative estimate of drug-likeness (QED) is 0.389. The van der Waals surface area contributed by atoms with E-state index < -0.39 is 0 Å². The highest BCUT2D eigenvalue weighted by molar-refractivity contribution is 7.07. The van der Waals surface area contributed by atoms with Gasteiger partial charge in [-0.2, -0.15) is 0 Å². The molecule has 1 aliphatic carbocycles. The molecule has 6 nitrogen and oxygen atoms in total. The third-order valence-electron chi connectivity index (χ3n) is 7.30. The Labute approximate surface area is 225 Å². The summed E-state index contributed by atoms with van der Waals surface area (Å²) in [4.78, 5) is 21.8. The van der Waals surface area contributed by atoms with Crippen LogP contribution in [-0.2, 0) is 6.42 Å². The first-order valence-corrected chi connectivity index (χ1v) is 13.4. The summed E-state index contributed by atoms with van der Waals surface area (Å²) in [6.07, 6.45) is 3.72. The zero-order valence-corrected chi connectivity index (χ0v) is 22.7. The molecule has 0 saturated heterocycles. The van der Waals surface area contributed by atoms with Gasteiger partial charge >= 0.3 is 0 Å². The Bertz CT molecular complexity index is 1750. The van der Waals surface area contributed by atoms with E-state index in [0.717, 1.165) is 46.5 Å². The molecule has 7 heteroatoms. The third-order valence-corrected chi connectivity index (χ3v) is 8.29. The molecule has 3 aromatic carbocycles. The van der Waals surface area contributed by atoms with E-state index >= 15 is 0 Å². The van der Waals surface area contributed by atoms with Crippen molar-refractivity contribution < 1.29 is 9.47 Å². The number of aryl methyl sites for hydroxylation is 1. The lowest BCUT2D eigenvalue weighted by molar-refractivity contribution is 0.354. The van der Waals surface area contributed by atoms with Gasteiger partial charge in [-0.05, 0) is 65.4 Å². The van der Waals surface area contributed by atoms with Gasteiger partial charge in [0.05, 0.1) is 30.5 Å². The van der Waals surface area contributed by atoms with Gasteiger partial charge in [-0.3, -0.25) is 9.36 Å². The van der Waals surface area contributed by atoms with Crippen molar-refractivity contribution in [1.29, 1.82) is 0 Å². The molecule has 38 heavy (non-hydrogen) atoms. The monoisotopic (exact) mass is 523 g/mol. The predicted molar refractivity (Wildman–Crippen MR) is 153 cm³/mol. The maximum Gasteiger partial charge on any atom is 0.271 e. The number of anilines is 1. The molecule has 2 heterocycles. The molecular formula is C31H29N3O3S. The molecule has 0 amide bonds. The van der Waals surface area contributed by atoms with Crippen LogP contribution in [0.4, 0.5) is 5.69 Å². The maximum absolute atomic E-state index is 14.0. The van der Waals surface area contributed by atoms with E-state index in [1.54, 1.807) is 14.2 Å². The number of nitrogens with zero attached hydrogens (tertiary/aromatic N) is 3. The standard InChI is InChI=1S/C31H29N3O3S/c1-33(2)22-13-9-19(10-14-22)17-27-30(35)34-29(21-12-16-25(36-3)26(18-21)37-4)24-15-11-20-7-5-6-8-23(20)28(24)32-31(34)38-27/h5-10,12-14,16-18,29H,11,15H2,1-4H3/b27-17-/t29-/m1/s1. The van der Waals surface area contributed by atoms with Crippen LogP contribution in [0.5, 0.6) is 11.5 Å². The van der Waals surface area contributed by atoms with Crippen LogP contribution in [0.1, 0.15) is 34.7 Å². The maximum atomic E-state index is 14.0. The number of ether oxygens (including phenoxy) is 2. The number of methoxy groups -OCH3 is 2. The average Bonchev–Trinajstić information content (AvgIpc) is 3.25. The molecule has 0 spiro atoms. The van der Waals surface area contributed by atoms with Crippen LogP contribution in [0.15, 0.2) is 82.1 Å². The van der Waals surface area contributed by atoms with Gasteiger partial charge in [0.2, 0.25) is 0 Å². The van der Waals surface area contributed by atoms with Gasteiger partial charge in [0, 0.05) is 25.3 Å². The number of aromatic nitrogens is 1. The molecule has 0 radical (unpaired) electrons. The Morgan fingerprint density at radius 1 is 0.974 bits per heavy atom. The van der Waals surface area contributed by atoms with Gasteiger partial charge in [-0.1, -0.05) is 53.8 Å². The van der Waals surface area contributed by atoms with E-state index in [1.807, 2.05) is 55.1 Å². The normalized spacial score (nSPS) is 16.3.